The first-order valence-electron chi connectivity index (χ1n) is 15.3. The molecule has 44 heavy (non-hydrogen) atoms. The van der Waals surface area contributed by atoms with Gasteiger partial charge in [-0.15, -0.1) is 0 Å². The third-order valence-corrected chi connectivity index (χ3v) is 10.5. The van der Waals surface area contributed by atoms with E-state index in [0.29, 0.717) is 59.0 Å². The van der Waals surface area contributed by atoms with E-state index in [9.17, 15) is 9.18 Å². The molecule has 4 aliphatic rings. The molecular formula is C34H32ClF2N5O2. The molecule has 0 spiro atoms. The third kappa shape index (κ3) is 4.27. The molecule has 1 amide bonds. The van der Waals surface area contributed by atoms with Gasteiger partial charge in [-0.05, 0) is 74.3 Å². The molecule has 4 aromatic rings. The van der Waals surface area contributed by atoms with Crippen LogP contribution in [0.5, 0.6) is 6.01 Å². The highest BCUT2D eigenvalue weighted by atomic mass is 35.5. The van der Waals surface area contributed by atoms with E-state index >= 15 is 4.39 Å². The summed E-state index contributed by atoms with van der Waals surface area (Å²) in [5.41, 5.74) is 1.64. The Morgan fingerprint density at radius 2 is 1.82 bits per heavy atom. The van der Waals surface area contributed by atoms with Crippen molar-refractivity contribution in [3.05, 3.63) is 71.8 Å². The van der Waals surface area contributed by atoms with Crippen LogP contribution >= 0.6 is 11.6 Å². The minimum absolute atomic E-state index is 0.00900. The van der Waals surface area contributed by atoms with Crippen LogP contribution in [0, 0.1) is 5.82 Å². The van der Waals surface area contributed by atoms with Crippen LogP contribution in [0.2, 0.25) is 5.02 Å². The lowest BCUT2D eigenvalue weighted by Gasteiger charge is -2.47. The number of anilines is 1. The Balaban J connectivity index is 1.21. The van der Waals surface area contributed by atoms with Crippen molar-refractivity contribution >= 4 is 45.0 Å². The van der Waals surface area contributed by atoms with Gasteiger partial charge in [0.2, 0.25) is 0 Å². The second-order valence-corrected chi connectivity index (χ2v) is 12.9. The van der Waals surface area contributed by atoms with Crippen LogP contribution in [-0.4, -0.2) is 76.1 Å². The Morgan fingerprint density at radius 1 is 1.05 bits per heavy atom. The van der Waals surface area contributed by atoms with E-state index in [4.69, 9.17) is 26.3 Å². The normalized spacial score (nSPS) is 22.3. The fraction of sp³-hybridized carbons (Fsp3) is 0.382. The number of aromatic nitrogens is 2. The van der Waals surface area contributed by atoms with Crippen molar-refractivity contribution < 1.29 is 18.3 Å². The van der Waals surface area contributed by atoms with E-state index < -0.39 is 17.6 Å². The SMILES string of the molecule is C=C(F)C(=O)N1CCC2[C@H]1CN2c1nc(OCC23CCCN2CCC3)nc2cc(-c3cccc4cccc(Cl)c34)c(F)cc12. The van der Waals surface area contributed by atoms with E-state index in [1.54, 1.807) is 11.0 Å². The quantitative estimate of drug-likeness (QED) is 0.230. The number of benzene rings is 3. The van der Waals surface area contributed by atoms with E-state index in [0.717, 1.165) is 49.5 Å². The Labute approximate surface area is 259 Å². The molecule has 3 aromatic carbocycles. The summed E-state index contributed by atoms with van der Waals surface area (Å²) in [6.45, 7) is 6.74. The number of likely N-dealkylation sites (tertiary alicyclic amines) is 1. The fourth-order valence-electron chi connectivity index (χ4n) is 8.05. The molecule has 4 saturated heterocycles. The van der Waals surface area contributed by atoms with Gasteiger partial charge in [0.25, 0.3) is 5.91 Å². The standard InChI is InChI=1S/C34H32ClF2N5O2/c1-20(36)32(43)41-15-10-28-29(41)18-42(28)31-24-16-26(37)23(22-8-2-6-21-7-3-9-25(35)30(21)22)17-27(24)38-33(39-31)44-19-34-11-4-13-40(34)14-5-12-34/h2-3,6-9,16-17,28-29H,1,4-5,10-15,18-19H2/t28?,29-/m1/s1. The molecular weight excluding hydrogens is 584 g/mol. The van der Waals surface area contributed by atoms with Gasteiger partial charge in [-0.1, -0.05) is 48.5 Å². The first kappa shape index (κ1) is 27.7. The zero-order chi connectivity index (χ0) is 30.2. The van der Waals surface area contributed by atoms with Crippen molar-refractivity contribution in [2.75, 3.05) is 37.7 Å². The Hall–Kier alpha value is -3.82. The lowest BCUT2D eigenvalue weighted by molar-refractivity contribution is -0.130. The van der Waals surface area contributed by atoms with Gasteiger partial charge in [0, 0.05) is 34.4 Å². The van der Waals surface area contributed by atoms with Gasteiger partial charge in [0.05, 0.1) is 23.1 Å². The number of fused-ring (bicyclic) bond motifs is 4. The molecule has 0 aliphatic carbocycles. The van der Waals surface area contributed by atoms with E-state index in [1.807, 2.05) is 36.4 Å². The van der Waals surface area contributed by atoms with Gasteiger partial charge in [-0.25, -0.2) is 8.78 Å². The first-order chi connectivity index (χ1) is 21.3. The van der Waals surface area contributed by atoms with Crippen LogP contribution in [0.1, 0.15) is 32.1 Å². The fourth-order valence-corrected chi connectivity index (χ4v) is 8.34. The second kappa shape index (κ2) is 10.4. The predicted molar refractivity (Wildman–Crippen MR) is 167 cm³/mol. The first-order valence-corrected chi connectivity index (χ1v) is 15.7. The molecule has 7 nitrogen and oxygen atoms in total. The summed E-state index contributed by atoms with van der Waals surface area (Å²) in [6.07, 6.45) is 5.13. The lowest BCUT2D eigenvalue weighted by atomic mass is 9.94. The van der Waals surface area contributed by atoms with Gasteiger partial charge in [0.15, 0.2) is 5.83 Å². The average molecular weight is 616 g/mol. The summed E-state index contributed by atoms with van der Waals surface area (Å²) in [4.78, 5) is 28.2. The van der Waals surface area contributed by atoms with Crippen molar-refractivity contribution in [2.45, 2.75) is 49.7 Å². The molecule has 4 fully saturated rings. The number of amides is 1. The maximum absolute atomic E-state index is 16.1. The average Bonchev–Trinajstić information content (AvgIpc) is 3.68. The molecule has 8 rings (SSSR count). The van der Waals surface area contributed by atoms with E-state index in [1.165, 1.54) is 6.07 Å². The second-order valence-electron chi connectivity index (χ2n) is 12.5. The van der Waals surface area contributed by atoms with Crippen molar-refractivity contribution in [1.82, 2.24) is 19.8 Å². The number of hydrogen-bond donors (Lipinski definition) is 0. The number of hydrogen-bond acceptors (Lipinski definition) is 6. The van der Waals surface area contributed by atoms with Crippen LogP contribution < -0.4 is 9.64 Å². The molecule has 0 bridgehead atoms. The van der Waals surface area contributed by atoms with Gasteiger partial charge < -0.3 is 14.5 Å². The summed E-state index contributed by atoms with van der Waals surface area (Å²) in [5.74, 6) is -1.48. The summed E-state index contributed by atoms with van der Waals surface area (Å²) < 4.78 is 36.2. The van der Waals surface area contributed by atoms with Crippen molar-refractivity contribution in [3.8, 4) is 17.1 Å². The summed E-state index contributed by atoms with van der Waals surface area (Å²) in [6, 6.07) is 14.6. The molecule has 0 radical (unpaired) electrons. The van der Waals surface area contributed by atoms with Crippen LogP contribution in [-0.2, 0) is 4.79 Å². The molecule has 1 unspecified atom stereocenters. The number of ether oxygens (including phenoxy) is 1. The van der Waals surface area contributed by atoms with Gasteiger partial charge in [-0.3, -0.25) is 9.69 Å². The molecule has 226 valence electrons. The highest BCUT2D eigenvalue weighted by Gasteiger charge is 2.50. The number of halogens is 3. The molecule has 0 N–H and O–H groups in total. The van der Waals surface area contributed by atoms with Crippen molar-refractivity contribution in [2.24, 2.45) is 0 Å². The van der Waals surface area contributed by atoms with Crippen LogP contribution in [0.4, 0.5) is 14.6 Å². The zero-order valence-electron chi connectivity index (χ0n) is 24.2. The highest BCUT2D eigenvalue weighted by Crippen LogP contribution is 2.43. The Bertz CT molecular complexity index is 1830. The highest BCUT2D eigenvalue weighted by molar-refractivity contribution is 6.36. The third-order valence-electron chi connectivity index (χ3n) is 10.2. The molecule has 5 heterocycles. The Morgan fingerprint density at radius 3 is 2.59 bits per heavy atom. The minimum atomic E-state index is -0.956. The molecule has 1 aromatic heterocycles. The molecule has 4 aliphatic heterocycles. The topological polar surface area (TPSA) is 61.8 Å². The maximum Gasteiger partial charge on any atom is 0.319 e. The monoisotopic (exact) mass is 615 g/mol. The maximum atomic E-state index is 16.1. The molecule has 2 atom stereocenters. The minimum Gasteiger partial charge on any atom is -0.461 e. The number of nitrogens with zero attached hydrogens (tertiary/aromatic N) is 5. The zero-order valence-corrected chi connectivity index (χ0v) is 25.0. The summed E-state index contributed by atoms with van der Waals surface area (Å²) in [5, 5.41) is 2.80. The number of rotatable bonds is 6. The van der Waals surface area contributed by atoms with E-state index in [-0.39, 0.29) is 23.6 Å². The smallest absolute Gasteiger partial charge is 0.319 e. The van der Waals surface area contributed by atoms with Crippen LogP contribution in [0.15, 0.2) is 60.9 Å². The van der Waals surface area contributed by atoms with Gasteiger partial charge in [0.1, 0.15) is 18.2 Å². The Kier molecular flexibility index (Phi) is 6.54. The molecule has 0 saturated carbocycles. The lowest BCUT2D eigenvalue weighted by Crippen LogP contribution is -2.63. The summed E-state index contributed by atoms with van der Waals surface area (Å²) >= 11 is 6.62. The predicted octanol–water partition coefficient (Wildman–Crippen LogP) is 6.52. The number of carbonyl (C=O) groups excluding carboxylic acids is 1. The van der Waals surface area contributed by atoms with E-state index in [2.05, 4.69) is 16.4 Å². The summed E-state index contributed by atoms with van der Waals surface area (Å²) in [7, 11) is 0. The van der Waals surface area contributed by atoms with Gasteiger partial charge >= 0.3 is 6.01 Å². The van der Waals surface area contributed by atoms with Crippen LogP contribution in [0.25, 0.3) is 32.8 Å². The van der Waals surface area contributed by atoms with Crippen molar-refractivity contribution in [1.29, 1.82) is 0 Å². The number of carbonyl (C=O) groups is 1. The largest absolute Gasteiger partial charge is 0.461 e. The van der Waals surface area contributed by atoms with Crippen molar-refractivity contribution in [3.63, 3.8) is 0 Å². The van der Waals surface area contributed by atoms with Gasteiger partial charge in [-0.2, -0.15) is 9.97 Å². The molecule has 10 heteroatoms. The van der Waals surface area contributed by atoms with Crippen LogP contribution in [0.3, 0.4) is 0 Å².